The third-order valence-corrected chi connectivity index (χ3v) is 6.19. The lowest BCUT2D eigenvalue weighted by atomic mass is 10.1. The Morgan fingerprint density at radius 1 is 1.20 bits per heavy atom. The van der Waals surface area contributed by atoms with Gasteiger partial charge in [-0.1, -0.05) is 23.4 Å². The maximum absolute atomic E-state index is 12.6. The van der Waals surface area contributed by atoms with E-state index in [4.69, 9.17) is 21.1 Å². The first-order chi connectivity index (χ1) is 14.6. The Morgan fingerprint density at radius 3 is 2.63 bits per heavy atom. The van der Waals surface area contributed by atoms with Gasteiger partial charge in [0.1, 0.15) is 5.75 Å². The summed E-state index contributed by atoms with van der Waals surface area (Å²) in [6.45, 7) is 1.44. The van der Waals surface area contributed by atoms with Gasteiger partial charge in [0.25, 0.3) is 0 Å². The molecule has 30 heavy (non-hydrogen) atoms. The molecule has 3 aromatic rings. The number of ketones is 1. The predicted molar refractivity (Wildman–Crippen MR) is 117 cm³/mol. The topological polar surface area (TPSA) is 66.2 Å². The van der Waals surface area contributed by atoms with E-state index in [1.54, 1.807) is 31.4 Å². The highest BCUT2D eigenvalue weighted by atomic mass is 35.5. The molecule has 1 unspecified atom stereocenters. The van der Waals surface area contributed by atoms with Crippen LogP contribution in [-0.2, 0) is 11.3 Å². The molecule has 2 aromatic carbocycles. The molecule has 0 bridgehead atoms. The largest absolute Gasteiger partial charge is 0.497 e. The van der Waals surface area contributed by atoms with E-state index < -0.39 is 0 Å². The summed E-state index contributed by atoms with van der Waals surface area (Å²) in [5.41, 5.74) is 1.57. The summed E-state index contributed by atoms with van der Waals surface area (Å²) >= 11 is 7.42. The zero-order valence-electron chi connectivity index (χ0n) is 16.6. The number of hydrogen-bond donors (Lipinski definition) is 0. The lowest BCUT2D eigenvalue weighted by Crippen LogP contribution is -2.17. The fraction of sp³-hybridized carbons (Fsp3) is 0.318. The number of carbonyl (C=O) groups excluding carboxylic acids is 1. The van der Waals surface area contributed by atoms with Gasteiger partial charge in [0.05, 0.1) is 25.5 Å². The summed E-state index contributed by atoms with van der Waals surface area (Å²) in [4.78, 5) is 12.6. The van der Waals surface area contributed by atoms with E-state index in [1.807, 2.05) is 28.8 Å². The standard InChI is InChI=1S/C22H22ClN3O3S/c1-28-18-10-6-15(7-11-18)20(27)14-30-22-25-24-21(16-4-8-17(23)9-5-16)26(22)13-19-3-2-12-29-19/h4-11,19H,2-3,12-14H2,1H3. The Balaban J connectivity index is 1.53. The van der Waals surface area contributed by atoms with Gasteiger partial charge in [0.15, 0.2) is 16.8 Å². The van der Waals surface area contributed by atoms with Gasteiger partial charge >= 0.3 is 0 Å². The molecule has 0 N–H and O–H groups in total. The Hall–Kier alpha value is -2.35. The van der Waals surface area contributed by atoms with E-state index in [2.05, 4.69) is 10.2 Å². The summed E-state index contributed by atoms with van der Waals surface area (Å²) in [5, 5.41) is 10.1. The van der Waals surface area contributed by atoms with Crippen molar-refractivity contribution in [2.75, 3.05) is 19.5 Å². The molecule has 156 valence electrons. The van der Waals surface area contributed by atoms with Gasteiger partial charge in [-0.05, 0) is 61.4 Å². The van der Waals surface area contributed by atoms with Gasteiger partial charge in [-0.15, -0.1) is 10.2 Å². The number of benzene rings is 2. The second kappa shape index (κ2) is 9.64. The lowest BCUT2D eigenvalue weighted by molar-refractivity contribution is 0.0953. The number of thioether (sulfide) groups is 1. The van der Waals surface area contributed by atoms with Crippen LogP contribution in [0.3, 0.4) is 0 Å². The Morgan fingerprint density at radius 2 is 1.97 bits per heavy atom. The van der Waals surface area contributed by atoms with Crippen LogP contribution in [0, 0.1) is 0 Å². The second-order valence-corrected chi connectivity index (χ2v) is 8.38. The normalized spacial score (nSPS) is 16.0. The zero-order valence-corrected chi connectivity index (χ0v) is 18.2. The highest BCUT2D eigenvalue weighted by Crippen LogP contribution is 2.28. The van der Waals surface area contributed by atoms with Crippen molar-refractivity contribution in [3.63, 3.8) is 0 Å². The van der Waals surface area contributed by atoms with Crippen LogP contribution in [0.1, 0.15) is 23.2 Å². The average molecular weight is 444 g/mol. The van der Waals surface area contributed by atoms with Crippen molar-refractivity contribution in [2.24, 2.45) is 0 Å². The molecule has 4 rings (SSSR count). The molecular formula is C22H22ClN3O3S. The first kappa shape index (κ1) is 20.9. The van der Waals surface area contributed by atoms with Gasteiger partial charge in [0, 0.05) is 22.8 Å². The van der Waals surface area contributed by atoms with Gasteiger partial charge < -0.3 is 9.47 Å². The first-order valence-corrected chi connectivity index (χ1v) is 11.1. The van der Waals surface area contributed by atoms with Gasteiger partial charge in [-0.2, -0.15) is 0 Å². The van der Waals surface area contributed by atoms with E-state index in [9.17, 15) is 4.79 Å². The van der Waals surface area contributed by atoms with Crippen molar-refractivity contribution < 1.29 is 14.3 Å². The average Bonchev–Trinajstić information content (AvgIpc) is 3.43. The van der Waals surface area contributed by atoms with Crippen LogP contribution < -0.4 is 4.74 Å². The maximum Gasteiger partial charge on any atom is 0.192 e. The van der Waals surface area contributed by atoms with Crippen LogP contribution in [0.5, 0.6) is 5.75 Å². The van der Waals surface area contributed by atoms with Crippen molar-refractivity contribution in [3.05, 3.63) is 59.1 Å². The van der Waals surface area contributed by atoms with Gasteiger partial charge in [-0.25, -0.2) is 0 Å². The van der Waals surface area contributed by atoms with Crippen LogP contribution in [0.4, 0.5) is 0 Å². The number of hydrogen-bond acceptors (Lipinski definition) is 6. The van der Waals surface area contributed by atoms with Crippen LogP contribution in [0.25, 0.3) is 11.4 Å². The van der Waals surface area contributed by atoms with Crippen molar-refractivity contribution in [1.82, 2.24) is 14.8 Å². The molecule has 1 aliphatic heterocycles. The van der Waals surface area contributed by atoms with E-state index in [0.29, 0.717) is 22.3 Å². The summed E-state index contributed by atoms with van der Waals surface area (Å²) in [7, 11) is 1.60. The van der Waals surface area contributed by atoms with Crippen molar-refractivity contribution in [2.45, 2.75) is 30.6 Å². The molecule has 2 heterocycles. The molecule has 0 aliphatic carbocycles. The predicted octanol–water partition coefficient (Wildman–Crippen LogP) is 4.76. The Kier molecular flexibility index (Phi) is 6.72. The summed E-state index contributed by atoms with van der Waals surface area (Å²) < 4.78 is 13.0. The Labute approximate surface area is 184 Å². The van der Waals surface area contributed by atoms with Crippen LogP contribution in [0.15, 0.2) is 53.7 Å². The SMILES string of the molecule is COc1ccc(C(=O)CSc2nnc(-c3ccc(Cl)cc3)n2CC2CCCO2)cc1. The molecule has 0 spiro atoms. The van der Waals surface area contributed by atoms with Crippen molar-refractivity contribution in [1.29, 1.82) is 0 Å². The summed E-state index contributed by atoms with van der Waals surface area (Å²) in [6.07, 6.45) is 2.19. The number of ether oxygens (including phenoxy) is 2. The summed E-state index contributed by atoms with van der Waals surface area (Å²) in [6, 6.07) is 14.7. The lowest BCUT2D eigenvalue weighted by Gasteiger charge is -2.14. The van der Waals surface area contributed by atoms with Crippen LogP contribution in [0.2, 0.25) is 5.02 Å². The number of aromatic nitrogens is 3. The highest BCUT2D eigenvalue weighted by Gasteiger charge is 2.22. The number of methoxy groups -OCH3 is 1. The number of halogens is 1. The molecule has 6 nitrogen and oxygen atoms in total. The fourth-order valence-corrected chi connectivity index (χ4v) is 4.32. The van der Waals surface area contributed by atoms with E-state index in [1.165, 1.54) is 11.8 Å². The molecule has 1 aromatic heterocycles. The third-order valence-electron chi connectivity index (χ3n) is 4.97. The number of Topliss-reactive ketones (excluding diaryl/α,β-unsaturated/α-hetero) is 1. The Bertz CT molecular complexity index is 999. The second-order valence-electron chi connectivity index (χ2n) is 7.00. The molecule has 8 heteroatoms. The minimum Gasteiger partial charge on any atom is -0.497 e. The van der Waals surface area contributed by atoms with E-state index in [0.717, 1.165) is 36.6 Å². The molecule has 0 radical (unpaired) electrons. The highest BCUT2D eigenvalue weighted by molar-refractivity contribution is 7.99. The summed E-state index contributed by atoms with van der Waals surface area (Å²) in [5.74, 6) is 1.78. The van der Waals surface area contributed by atoms with Gasteiger partial charge in [0.2, 0.25) is 0 Å². The smallest absolute Gasteiger partial charge is 0.192 e. The van der Waals surface area contributed by atoms with Crippen molar-refractivity contribution >= 4 is 29.1 Å². The molecule has 1 atom stereocenters. The van der Waals surface area contributed by atoms with Gasteiger partial charge in [-0.3, -0.25) is 9.36 Å². The van der Waals surface area contributed by atoms with E-state index in [-0.39, 0.29) is 17.6 Å². The third kappa shape index (κ3) is 4.86. The minimum atomic E-state index is 0.0300. The molecule has 1 fully saturated rings. The maximum atomic E-state index is 12.6. The molecular weight excluding hydrogens is 422 g/mol. The number of nitrogens with zero attached hydrogens (tertiary/aromatic N) is 3. The minimum absolute atomic E-state index is 0.0300. The molecule has 0 amide bonds. The van der Waals surface area contributed by atoms with Crippen molar-refractivity contribution in [3.8, 4) is 17.1 Å². The number of carbonyl (C=O) groups is 1. The zero-order chi connectivity index (χ0) is 20.9. The monoisotopic (exact) mass is 443 g/mol. The molecule has 0 saturated carbocycles. The van der Waals surface area contributed by atoms with E-state index >= 15 is 0 Å². The van der Waals surface area contributed by atoms with Crippen LogP contribution >= 0.6 is 23.4 Å². The van der Waals surface area contributed by atoms with Crippen LogP contribution in [-0.4, -0.2) is 46.1 Å². The molecule has 1 aliphatic rings. The quantitative estimate of drug-likeness (QED) is 0.369. The molecule has 1 saturated heterocycles. The number of rotatable bonds is 8. The first-order valence-electron chi connectivity index (χ1n) is 9.75. The fourth-order valence-electron chi connectivity index (χ4n) is 3.35.